The Morgan fingerprint density at radius 2 is 1.79 bits per heavy atom. The molecule has 0 spiro atoms. The van der Waals surface area contributed by atoms with E-state index in [4.69, 9.17) is 0 Å². The quantitative estimate of drug-likeness (QED) is 0.283. The first kappa shape index (κ1) is 22.9. The number of phenols is 1. The van der Waals surface area contributed by atoms with Crippen molar-refractivity contribution in [1.29, 1.82) is 0 Å². The summed E-state index contributed by atoms with van der Waals surface area (Å²) in [6.07, 6.45) is -2.56. The van der Waals surface area contributed by atoms with Crippen LogP contribution in [0.4, 0.5) is 14.5 Å². The Hall–Kier alpha value is -3.24. The summed E-state index contributed by atoms with van der Waals surface area (Å²) in [5.74, 6) is 0.167. The van der Waals surface area contributed by atoms with Gasteiger partial charge in [-0.15, -0.1) is 10.2 Å². The van der Waals surface area contributed by atoms with E-state index in [1.165, 1.54) is 36.0 Å². The summed E-state index contributed by atoms with van der Waals surface area (Å²) in [4.78, 5) is 12.4. The van der Waals surface area contributed by atoms with Crippen LogP contribution in [0.3, 0.4) is 0 Å². The molecule has 2 N–H and O–H groups in total. The van der Waals surface area contributed by atoms with Gasteiger partial charge in [-0.1, -0.05) is 58.0 Å². The smallest absolute Gasteiger partial charge is 0.263 e. The van der Waals surface area contributed by atoms with Crippen LogP contribution < -0.4 is 5.32 Å². The van der Waals surface area contributed by atoms with Crippen molar-refractivity contribution in [2.75, 3.05) is 11.1 Å². The van der Waals surface area contributed by atoms with Gasteiger partial charge in [0.1, 0.15) is 5.75 Å². The largest absolute Gasteiger partial charge is 0.507 e. The van der Waals surface area contributed by atoms with Crippen LogP contribution in [-0.2, 0) is 4.79 Å². The number of phenolic OH excluding ortho intramolecular Hbond substituents is 1. The minimum absolute atomic E-state index is 0.0199. The number of nitrogens with one attached hydrogen (secondary N) is 1. The van der Waals surface area contributed by atoms with Crippen LogP contribution in [0.25, 0.3) is 17.1 Å². The lowest BCUT2D eigenvalue weighted by molar-refractivity contribution is -0.113. The number of aromatic hydroxyl groups is 1. The highest BCUT2D eigenvalue weighted by molar-refractivity contribution is 9.10. The van der Waals surface area contributed by atoms with Gasteiger partial charge in [0.05, 0.1) is 11.3 Å². The summed E-state index contributed by atoms with van der Waals surface area (Å²) in [7, 11) is 0. The van der Waals surface area contributed by atoms with Crippen LogP contribution in [0, 0.1) is 0 Å². The molecule has 33 heavy (non-hydrogen) atoms. The molecule has 168 valence electrons. The Bertz CT molecular complexity index is 1270. The number of carbonyl (C=O) groups is 1. The molecule has 1 aromatic heterocycles. The molecular formula is C23H17BrF2N4O2S. The number of nitrogens with zero attached hydrogens (tertiary/aromatic N) is 3. The maximum atomic E-state index is 12.7. The third-order valence-corrected chi connectivity index (χ3v) is 6.05. The van der Waals surface area contributed by atoms with Crippen molar-refractivity contribution >= 4 is 39.3 Å². The molecular weight excluding hydrogens is 514 g/mol. The molecule has 4 rings (SSSR count). The third-order valence-electron chi connectivity index (χ3n) is 4.63. The van der Waals surface area contributed by atoms with E-state index in [0.717, 1.165) is 10.2 Å². The summed E-state index contributed by atoms with van der Waals surface area (Å²) in [6, 6.07) is 19.8. The van der Waals surface area contributed by atoms with Gasteiger partial charge in [0.25, 0.3) is 6.43 Å². The summed E-state index contributed by atoms with van der Waals surface area (Å²) in [6.45, 7) is 0. The molecule has 0 fully saturated rings. The molecule has 0 saturated heterocycles. The standard InChI is InChI=1S/C23H17BrF2N4O2S/c24-15-8-11-19(31)18(12-15)22-28-29-23(30(22)17-4-2-1-3-5-17)33-13-20(32)27-16-9-6-14(7-10-16)21(25)26/h1-12,21,31H,13H2,(H,27,32). The van der Waals surface area contributed by atoms with E-state index in [9.17, 15) is 18.7 Å². The first-order valence-electron chi connectivity index (χ1n) is 9.73. The second-order valence-electron chi connectivity index (χ2n) is 6.90. The molecule has 0 atom stereocenters. The lowest BCUT2D eigenvalue weighted by Gasteiger charge is -2.11. The van der Waals surface area contributed by atoms with E-state index < -0.39 is 6.43 Å². The highest BCUT2D eigenvalue weighted by atomic mass is 79.9. The number of benzene rings is 3. The van der Waals surface area contributed by atoms with Crippen molar-refractivity contribution in [3.63, 3.8) is 0 Å². The number of rotatable bonds is 7. The van der Waals surface area contributed by atoms with Crippen LogP contribution in [-0.4, -0.2) is 31.5 Å². The average Bonchev–Trinajstić information content (AvgIpc) is 3.24. The zero-order valence-electron chi connectivity index (χ0n) is 17.0. The molecule has 6 nitrogen and oxygen atoms in total. The maximum absolute atomic E-state index is 12.7. The Labute approximate surface area is 200 Å². The molecule has 0 bridgehead atoms. The highest BCUT2D eigenvalue weighted by Crippen LogP contribution is 2.34. The number of hydrogen-bond acceptors (Lipinski definition) is 5. The van der Waals surface area contributed by atoms with Crippen LogP contribution in [0.2, 0.25) is 0 Å². The van der Waals surface area contributed by atoms with E-state index >= 15 is 0 Å². The van der Waals surface area contributed by atoms with Gasteiger partial charge < -0.3 is 10.4 Å². The number of halogens is 3. The molecule has 1 heterocycles. The normalized spacial score (nSPS) is 11.0. The fourth-order valence-corrected chi connectivity index (χ4v) is 4.19. The van der Waals surface area contributed by atoms with E-state index in [1.54, 1.807) is 22.8 Å². The average molecular weight is 531 g/mol. The van der Waals surface area contributed by atoms with Crippen molar-refractivity contribution in [2.45, 2.75) is 11.6 Å². The molecule has 0 aliphatic carbocycles. The van der Waals surface area contributed by atoms with Crippen LogP contribution in [0.5, 0.6) is 5.75 Å². The molecule has 0 aliphatic rings. The fraction of sp³-hybridized carbons (Fsp3) is 0.0870. The number of aromatic nitrogens is 3. The van der Waals surface area contributed by atoms with Crippen LogP contribution in [0.15, 0.2) is 82.4 Å². The van der Waals surface area contributed by atoms with Crippen LogP contribution in [0.1, 0.15) is 12.0 Å². The minimum atomic E-state index is -2.56. The first-order valence-corrected chi connectivity index (χ1v) is 11.5. The third kappa shape index (κ3) is 5.40. The number of hydrogen-bond donors (Lipinski definition) is 2. The summed E-state index contributed by atoms with van der Waals surface area (Å²) >= 11 is 4.57. The number of para-hydroxylation sites is 1. The molecule has 0 saturated carbocycles. The zero-order valence-corrected chi connectivity index (χ0v) is 19.4. The summed E-state index contributed by atoms with van der Waals surface area (Å²) < 4.78 is 27.9. The van der Waals surface area contributed by atoms with Crippen molar-refractivity contribution in [3.8, 4) is 22.8 Å². The van der Waals surface area contributed by atoms with Gasteiger partial charge >= 0.3 is 0 Å². The number of amides is 1. The van der Waals surface area contributed by atoms with Gasteiger partial charge in [-0.25, -0.2) is 8.78 Å². The lowest BCUT2D eigenvalue weighted by atomic mass is 10.2. The van der Waals surface area contributed by atoms with Gasteiger partial charge in [0.2, 0.25) is 5.91 Å². The Morgan fingerprint density at radius 1 is 1.06 bits per heavy atom. The zero-order chi connectivity index (χ0) is 23.4. The topological polar surface area (TPSA) is 80.0 Å². The van der Waals surface area contributed by atoms with Crippen molar-refractivity contribution < 1.29 is 18.7 Å². The number of anilines is 1. The SMILES string of the molecule is O=C(CSc1nnc(-c2cc(Br)ccc2O)n1-c1ccccc1)Nc1ccc(C(F)F)cc1. The van der Waals surface area contributed by atoms with Gasteiger partial charge in [-0.05, 0) is 42.5 Å². The van der Waals surface area contributed by atoms with Crippen molar-refractivity contribution in [1.82, 2.24) is 14.8 Å². The molecule has 0 radical (unpaired) electrons. The summed E-state index contributed by atoms with van der Waals surface area (Å²) in [5.41, 5.74) is 1.56. The maximum Gasteiger partial charge on any atom is 0.263 e. The van der Waals surface area contributed by atoms with E-state index in [0.29, 0.717) is 22.2 Å². The predicted octanol–water partition coefficient (Wildman–Crippen LogP) is 6.07. The second-order valence-corrected chi connectivity index (χ2v) is 8.76. The predicted molar refractivity (Wildman–Crippen MR) is 127 cm³/mol. The number of carbonyl (C=O) groups excluding carboxylic acids is 1. The van der Waals surface area contributed by atoms with E-state index in [2.05, 4.69) is 31.4 Å². The Kier molecular flexibility index (Phi) is 7.05. The summed E-state index contributed by atoms with van der Waals surface area (Å²) in [5, 5.41) is 22.0. The fourth-order valence-electron chi connectivity index (χ4n) is 3.07. The second kappa shape index (κ2) is 10.1. The molecule has 10 heteroatoms. The molecule has 3 aromatic carbocycles. The van der Waals surface area contributed by atoms with Gasteiger partial charge in [0, 0.05) is 21.4 Å². The van der Waals surface area contributed by atoms with Crippen LogP contribution >= 0.6 is 27.7 Å². The van der Waals surface area contributed by atoms with E-state index in [-0.39, 0.29) is 23.0 Å². The Balaban J connectivity index is 1.57. The van der Waals surface area contributed by atoms with Crippen molar-refractivity contribution in [2.24, 2.45) is 0 Å². The first-order chi connectivity index (χ1) is 15.9. The van der Waals surface area contributed by atoms with E-state index in [1.807, 2.05) is 30.3 Å². The Morgan fingerprint density at radius 3 is 2.48 bits per heavy atom. The highest BCUT2D eigenvalue weighted by Gasteiger charge is 2.20. The molecule has 0 unspecified atom stereocenters. The van der Waals surface area contributed by atoms with Gasteiger partial charge in [0.15, 0.2) is 11.0 Å². The molecule has 4 aromatic rings. The molecule has 0 aliphatic heterocycles. The monoisotopic (exact) mass is 530 g/mol. The van der Waals surface area contributed by atoms with Crippen molar-refractivity contribution in [3.05, 3.63) is 82.8 Å². The van der Waals surface area contributed by atoms with Gasteiger partial charge in [-0.2, -0.15) is 0 Å². The molecule has 1 amide bonds. The lowest BCUT2D eigenvalue weighted by Crippen LogP contribution is -2.14. The number of alkyl halides is 2. The number of thioether (sulfide) groups is 1. The minimum Gasteiger partial charge on any atom is -0.507 e. The van der Waals surface area contributed by atoms with Gasteiger partial charge in [-0.3, -0.25) is 9.36 Å².